The summed E-state index contributed by atoms with van der Waals surface area (Å²) in [5.74, 6) is 4.43. The standard InChI is InChI=1S/C22H32N4.C12H22N4/c1-3-5-14-23-21-16-20(25-22(26-21)24-15-6-4-2)19-13-12-18(19)17-10-8-7-9-11-17;1-3-5-8-13-11-7-10-15-12(16-11)14-9-6-4-2/h7-11,16,18-19H,3-6,12-15H2,1-2H3,(H2,23,24,25,26);7,10H,3-6,8-9H2,1-2H3,(H2,13,14,15,16). The zero-order valence-corrected chi connectivity index (χ0v) is 26.5. The first-order valence-electron chi connectivity index (χ1n) is 16.4. The predicted molar refractivity (Wildman–Crippen MR) is 179 cm³/mol. The molecule has 42 heavy (non-hydrogen) atoms. The van der Waals surface area contributed by atoms with Gasteiger partial charge in [-0.2, -0.15) is 9.97 Å². The number of benzene rings is 1. The summed E-state index contributed by atoms with van der Waals surface area (Å²) >= 11 is 0. The van der Waals surface area contributed by atoms with E-state index in [1.807, 2.05) is 6.07 Å². The minimum atomic E-state index is 0.499. The van der Waals surface area contributed by atoms with Crippen LogP contribution < -0.4 is 21.3 Å². The molecule has 1 fully saturated rings. The fraction of sp³-hybridized carbons (Fsp3) is 0.588. The molecule has 0 amide bonds. The topological polar surface area (TPSA) is 99.7 Å². The zero-order chi connectivity index (χ0) is 29.8. The Balaban J connectivity index is 0.000000260. The van der Waals surface area contributed by atoms with Gasteiger partial charge in [-0.25, -0.2) is 9.97 Å². The van der Waals surface area contributed by atoms with Gasteiger partial charge in [-0.05, 0) is 56.1 Å². The Hall–Kier alpha value is -3.42. The molecule has 230 valence electrons. The second-order valence-electron chi connectivity index (χ2n) is 11.1. The van der Waals surface area contributed by atoms with E-state index in [4.69, 9.17) is 4.98 Å². The molecule has 1 aliphatic rings. The second-order valence-corrected chi connectivity index (χ2v) is 11.1. The normalized spacial score (nSPS) is 15.6. The van der Waals surface area contributed by atoms with Crippen molar-refractivity contribution in [2.24, 2.45) is 0 Å². The number of unbranched alkanes of at least 4 members (excludes halogenated alkanes) is 4. The fourth-order valence-corrected chi connectivity index (χ4v) is 4.86. The summed E-state index contributed by atoms with van der Waals surface area (Å²) in [6.07, 6.45) is 13.6. The van der Waals surface area contributed by atoms with Crippen LogP contribution in [0.1, 0.15) is 115 Å². The summed E-state index contributed by atoms with van der Waals surface area (Å²) in [6.45, 7) is 12.6. The third-order valence-electron chi connectivity index (χ3n) is 7.58. The first-order chi connectivity index (χ1) is 20.7. The van der Waals surface area contributed by atoms with Gasteiger partial charge in [0.2, 0.25) is 11.9 Å². The van der Waals surface area contributed by atoms with Crippen molar-refractivity contribution in [1.29, 1.82) is 0 Å². The minimum absolute atomic E-state index is 0.499. The van der Waals surface area contributed by atoms with Gasteiger partial charge in [-0.15, -0.1) is 0 Å². The lowest BCUT2D eigenvalue weighted by Gasteiger charge is -2.37. The monoisotopic (exact) mass is 574 g/mol. The maximum Gasteiger partial charge on any atom is 0.224 e. The SMILES string of the molecule is CCCCNc1cc(C2CCC2c2ccccc2)nc(NCCCC)n1.CCCCNc1ccnc(NCCCC)n1. The number of rotatable bonds is 18. The molecule has 2 unspecified atom stereocenters. The van der Waals surface area contributed by atoms with Crippen LogP contribution >= 0.6 is 0 Å². The smallest absolute Gasteiger partial charge is 0.224 e. The van der Waals surface area contributed by atoms with Crippen LogP contribution in [0.2, 0.25) is 0 Å². The molecule has 4 rings (SSSR count). The lowest BCUT2D eigenvalue weighted by molar-refractivity contribution is 0.340. The third-order valence-corrected chi connectivity index (χ3v) is 7.58. The van der Waals surface area contributed by atoms with Crippen molar-refractivity contribution in [2.75, 3.05) is 47.4 Å². The van der Waals surface area contributed by atoms with Gasteiger partial charge in [0, 0.05) is 44.4 Å². The highest BCUT2D eigenvalue weighted by atomic mass is 15.1. The van der Waals surface area contributed by atoms with Gasteiger partial charge >= 0.3 is 0 Å². The quantitative estimate of drug-likeness (QED) is 0.112. The van der Waals surface area contributed by atoms with Crippen LogP contribution in [0.5, 0.6) is 0 Å². The highest BCUT2D eigenvalue weighted by Crippen LogP contribution is 2.48. The Morgan fingerprint density at radius 1 is 0.595 bits per heavy atom. The van der Waals surface area contributed by atoms with Gasteiger partial charge < -0.3 is 21.3 Å². The number of nitrogens with one attached hydrogen (secondary N) is 4. The van der Waals surface area contributed by atoms with E-state index in [0.717, 1.165) is 69.0 Å². The molecule has 0 aliphatic heterocycles. The Morgan fingerprint density at radius 3 is 1.74 bits per heavy atom. The molecule has 0 radical (unpaired) electrons. The lowest BCUT2D eigenvalue weighted by Crippen LogP contribution is -2.23. The number of aromatic nitrogens is 4. The number of nitrogens with zero attached hydrogens (tertiary/aromatic N) is 4. The van der Waals surface area contributed by atoms with Crippen LogP contribution in [-0.2, 0) is 0 Å². The zero-order valence-electron chi connectivity index (χ0n) is 26.5. The van der Waals surface area contributed by atoms with Crippen LogP contribution in [0, 0.1) is 0 Å². The maximum atomic E-state index is 4.87. The van der Waals surface area contributed by atoms with E-state index < -0.39 is 0 Å². The summed E-state index contributed by atoms with van der Waals surface area (Å²) in [5.41, 5.74) is 2.61. The van der Waals surface area contributed by atoms with Gasteiger partial charge in [0.15, 0.2) is 0 Å². The lowest BCUT2D eigenvalue weighted by atomic mass is 9.68. The van der Waals surface area contributed by atoms with Crippen molar-refractivity contribution >= 4 is 23.5 Å². The highest BCUT2D eigenvalue weighted by molar-refractivity contribution is 5.45. The van der Waals surface area contributed by atoms with Crippen molar-refractivity contribution in [3.63, 3.8) is 0 Å². The summed E-state index contributed by atoms with van der Waals surface area (Å²) in [7, 11) is 0. The molecule has 2 atom stereocenters. The molecule has 1 saturated carbocycles. The van der Waals surface area contributed by atoms with Crippen LogP contribution in [0.4, 0.5) is 23.5 Å². The summed E-state index contributed by atoms with van der Waals surface area (Å²) in [4.78, 5) is 18.1. The van der Waals surface area contributed by atoms with E-state index in [-0.39, 0.29) is 0 Å². The van der Waals surface area contributed by atoms with E-state index in [1.54, 1.807) is 6.20 Å². The Morgan fingerprint density at radius 2 is 1.14 bits per heavy atom. The van der Waals surface area contributed by atoms with Crippen molar-refractivity contribution in [1.82, 2.24) is 19.9 Å². The molecule has 8 nitrogen and oxygen atoms in total. The van der Waals surface area contributed by atoms with Crippen LogP contribution in [0.25, 0.3) is 0 Å². The molecule has 2 heterocycles. The minimum Gasteiger partial charge on any atom is -0.370 e. The van der Waals surface area contributed by atoms with Gasteiger partial charge in [0.05, 0.1) is 5.69 Å². The molecule has 4 N–H and O–H groups in total. The molecule has 1 aliphatic carbocycles. The third kappa shape index (κ3) is 11.5. The summed E-state index contributed by atoms with van der Waals surface area (Å²) in [5, 5.41) is 13.4. The molecular formula is C34H54N8. The average Bonchev–Trinajstić information content (AvgIpc) is 2.98. The molecule has 1 aromatic carbocycles. The largest absolute Gasteiger partial charge is 0.370 e. The van der Waals surface area contributed by atoms with E-state index in [0.29, 0.717) is 11.8 Å². The fourth-order valence-electron chi connectivity index (χ4n) is 4.86. The Labute approximate surface area is 254 Å². The van der Waals surface area contributed by atoms with Gasteiger partial charge in [0.25, 0.3) is 0 Å². The van der Waals surface area contributed by atoms with E-state index in [2.05, 4.69) is 100 Å². The molecule has 8 heteroatoms. The van der Waals surface area contributed by atoms with E-state index in [9.17, 15) is 0 Å². The average molecular weight is 575 g/mol. The molecule has 0 bridgehead atoms. The molecule has 2 aromatic heterocycles. The number of hydrogen-bond acceptors (Lipinski definition) is 8. The van der Waals surface area contributed by atoms with Crippen LogP contribution in [0.15, 0.2) is 48.7 Å². The van der Waals surface area contributed by atoms with Crippen molar-refractivity contribution < 1.29 is 0 Å². The van der Waals surface area contributed by atoms with Gasteiger partial charge in [0.1, 0.15) is 11.6 Å². The number of hydrogen-bond donors (Lipinski definition) is 4. The highest BCUT2D eigenvalue weighted by Gasteiger charge is 2.34. The summed E-state index contributed by atoms with van der Waals surface area (Å²) < 4.78 is 0. The molecule has 0 saturated heterocycles. The van der Waals surface area contributed by atoms with Gasteiger partial charge in [-0.3, -0.25) is 0 Å². The Bertz CT molecular complexity index is 1070. The first-order valence-corrected chi connectivity index (χ1v) is 16.4. The first kappa shape index (κ1) is 33.1. The van der Waals surface area contributed by atoms with Crippen LogP contribution in [0.3, 0.4) is 0 Å². The van der Waals surface area contributed by atoms with E-state index >= 15 is 0 Å². The Kier molecular flexibility index (Phi) is 15.5. The van der Waals surface area contributed by atoms with Crippen molar-refractivity contribution in [2.45, 2.75) is 104 Å². The van der Waals surface area contributed by atoms with Crippen LogP contribution in [-0.4, -0.2) is 46.1 Å². The van der Waals surface area contributed by atoms with Gasteiger partial charge in [-0.1, -0.05) is 83.7 Å². The summed E-state index contributed by atoms with van der Waals surface area (Å²) in [6, 6.07) is 14.9. The molecule has 0 spiro atoms. The molecular weight excluding hydrogens is 520 g/mol. The van der Waals surface area contributed by atoms with Crippen molar-refractivity contribution in [3.05, 3.63) is 59.9 Å². The second kappa shape index (κ2) is 19.7. The van der Waals surface area contributed by atoms with E-state index in [1.165, 1.54) is 56.2 Å². The number of anilines is 4. The maximum absolute atomic E-state index is 4.87. The molecule has 3 aromatic rings. The van der Waals surface area contributed by atoms with Crippen molar-refractivity contribution in [3.8, 4) is 0 Å². The predicted octanol–water partition coefficient (Wildman–Crippen LogP) is 8.46.